The summed E-state index contributed by atoms with van der Waals surface area (Å²) in [4.78, 5) is 32.4. The lowest BCUT2D eigenvalue weighted by Gasteiger charge is -2.32. The van der Waals surface area contributed by atoms with Crippen LogP contribution in [0.2, 0.25) is 0 Å². The number of carboxylic acid groups (broad SMARTS) is 2. The number of aliphatic carboxylic acids is 2. The van der Waals surface area contributed by atoms with E-state index in [4.69, 9.17) is 5.11 Å². The Bertz CT molecular complexity index is 721. The minimum absolute atomic E-state index is 0.00532. The molecule has 1 aromatic carbocycles. The highest BCUT2D eigenvalue weighted by atomic mass is 32.1. The number of hydrogen-bond acceptors (Lipinski definition) is 7. The molecular weight excluding hydrogens is 380 g/mol. The molecule has 1 atom stereocenters. The molecule has 0 radical (unpaired) electrons. The molecule has 0 amide bonds. The average Bonchev–Trinajstić information content (AvgIpc) is 2.68. The predicted molar refractivity (Wildman–Crippen MR) is 109 cm³/mol. The van der Waals surface area contributed by atoms with E-state index in [-0.39, 0.29) is 19.1 Å². The van der Waals surface area contributed by atoms with Gasteiger partial charge in [-0.15, -0.1) is 0 Å². The van der Waals surface area contributed by atoms with E-state index in [9.17, 15) is 14.7 Å². The van der Waals surface area contributed by atoms with Crippen LogP contribution < -0.4 is 0 Å². The van der Waals surface area contributed by atoms with Crippen LogP contribution in [0.5, 0.6) is 0 Å². The van der Waals surface area contributed by atoms with E-state index in [0.717, 1.165) is 17.8 Å². The van der Waals surface area contributed by atoms with Gasteiger partial charge >= 0.3 is 11.9 Å². The lowest BCUT2D eigenvalue weighted by molar-refractivity contribution is -0.140. The summed E-state index contributed by atoms with van der Waals surface area (Å²) in [6, 6.07) is 7.67. The van der Waals surface area contributed by atoms with Gasteiger partial charge in [-0.1, -0.05) is 12.1 Å². The molecule has 0 bridgehead atoms. The van der Waals surface area contributed by atoms with Crippen LogP contribution in [0.3, 0.4) is 0 Å². The first-order valence-electron chi connectivity index (χ1n) is 9.12. The van der Waals surface area contributed by atoms with Gasteiger partial charge in [-0.3, -0.25) is 19.4 Å². The number of benzene rings is 1. The number of likely N-dealkylation sites (N-methyl/N-ethyl adjacent to an activating group) is 1. The fourth-order valence-corrected chi connectivity index (χ4v) is 3.50. The lowest BCUT2D eigenvalue weighted by Crippen LogP contribution is -2.47. The molecule has 1 aliphatic heterocycles. The SMILES string of the molecule is CN1CCN(CC(=O)O)CCN(CC(=O)O)C(Cc2ccc(N=C=S)cc2)C1. The van der Waals surface area contributed by atoms with Crippen LogP contribution in [-0.2, 0) is 16.0 Å². The Balaban J connectivity index is 2.17. The molecule has 1 unspecified atom stereocenters. The van der Waals surface area contributed by atoms with Gasteiger partial charge in [-0.25, -0.2) is 0 Å². The van der Waals surface area contributed by atoms with Crippen molar-refractivity contribution in [1.29, 1.82) is 0 Å². The fourth-order valence-electron chi connectivity index (χ4n) is 3.40. The third-order valence-electron chi connectivity index (χ3n) is 4.82. The molecule has 2 N–H and O–H groups in total. The van der Waals surface area contributed by atoms with E-state index < -0.39 is 11.9 Å². The molecule has 0 spiro atoms. The van der Waals surface area contributed by atoms with E-state index in [2.05, 4.69) is 27.3 Å². The first-order chi connectivity index (χ1) is 13.4. The Morgan fingerprint density at radius 1 is 1.11 bits per heavy atom. The summed E-state index contributed by atoms with van der Waals surface area (Å²) in [5.74, 6) is -1.76. The number of nitrogens with zero attached hydrogens (tertiary/aromatic N) is 4. The molecule has 28 heavy (non-hydrogen) atoms. The first kappa shape index (κ1) is 22.1. The van der Waals surface area contributed by atoms with Gasteiger partial charge in [0, 0.05) is 38.8 Å². The van der Waals surface area contributed by atoms with Gasteiger partial charge in [0.05, 0.1) is 23.9 Å². The number of carbonyl (C=O) groups is 2. The van der Waals surface area contributed by atoms with Gasteiger partial charge in [-0.2, -0.15) is 4.99 Å². The van der Waals surface area contributed by atoms with Crippen LogP contribution >= 0.6 is 12.2 Å². The third kappa shape index (κ3) is 7.46. The van der Waals surface area contributed by atoms with Gasteiger partial charge in [0.25, 0.3) is 0 Å². The van der Waals surface area contributed by atoms with Crippen molar-refractivity contribution in [2.45, 2.75) is 12.5 Å². The monoisotopic (exact) mass is 406 g/mol. The van der Waals surface area contributed by atoms with Crippen molar-refractivity contribution in [2.75, 3.05) is 52.9 Å². The molecule has 1 aliphatic rings. The predicted octanol–water partition coefficient (Wildman–Crippen LogP) is 1.05. The molecule has 0 aromatic heterocycles. The second-order valence-corrected chi connectivity index (χ2v) is 7.21. The molecule has 2 rings (SSSR count). The second kappa shape index (κ2) is 11.0. The fraction of sp³-hybridized carbons (Fsp3) is 0.526. The number of isothiocyanates is 1. The number of thiocarbonyl (C=S) groups is 1. The van der Waals surface area contributed by atoms with E-state index in [1.807, 2.05) is 41.1 Å². The molecule has 0 aliphatic carbocycles. The zero-order valence-corrected chi connectivity index (χ0v) is 16.8. The summed E-state index contributed by atoms with van der Waals surface area (Å²) in [6.45, 7) is 2.98. The van der Waals surface area contributed by atoms with Gasteiger partial charge in [0.15, 0.2) is 0 Å². The smallest absolute Gasteiger partial charge is 0.317 e. The maximum absolute atomic E-state index is 11.4. The Kier molecular flexibility index (Phi) is 8.69. The Morgan fingerprint density at radius 3 is 2.36 bits per heavy atom. The number of rotatable bonds is 7. The van der Waals surface area contributed by atoms with E-state index in [1.165, 1.54) is 0 Å². The van der Waals surface area contributed by atoms with Crippen molar-refractivity contribution in [3.05, 3.63) is 29.8 Å². The zero-order chi connectivity index (χ0) is 20.5. The largest absolute Gasteiger partial charge is 0.480 e. The van der Waals surface area contributed by atoms with Gasteiger partial charge in [0.2, 0.25) is 0 Å². The highest BCUT2D eigenvalue weighted by molar-refractivity contribution is 7.78. The van der Waals surface area contributed by atoms with Crippen molar-refractivity contribution >= 4 is 35.0 Å². The number of aliphatic imine (C=N–C) groups is 1. The van der Waals surface area contributed by atoms with Crippen LogP contribution in [0.25, 0.3) is 0 Å². The summed E-state index contributed by atoms with van der Waals surface area (Å²) in [5, 5.41) is 20.8. The maximum atomic E-state index is 11.4. The number of hydrogen-bond donors (Lipinski definition) is 2. The van der Waals surface area contributed by atoms with Crippen molar-refractivity contribution < 1.29 is 19.8 Å². The highest BCUT2D eigenvalue weighted by Gasteiger charge is 2.25. The zero-order valence-electron chi connectivity index (χ0n) is 16.0. The summed E-state index contributed by atoms with van der Waals surface area (Å²) in [5.41, 5.74) is 1.82. The molecule has 1 aromatic rings. The third-order valence-corrected chi connectivity index (χ3v) is 4.91. The lowest BCUT2D eigenvalue weighted by atomic mass is 10.0. The number of carboxylic acids is 2. The Morgan fingerprint density at radius 2 is 1.75 bits per heavy atom. The second-order valence-electron chi connectivity index (χ2n) is 7.02. The minimum Gasteiger partial charge on any atom is -0.480 e. The van der Waals surface area contributed by atoms with Crippen LogP contribution in [0.4, 0.5) is 5.69 Å². The van der Waals surface area contributed by atoms with Gasteiger partial charge < -0.3 is 15.1 Å². The molecule has 9 heteroatoms. The quantitative estimate of drug-likeness (QED) is 0.512. The van der Waals surface area contributed by atoms with Crippen LogP contribution in [-0.4, -0.2) is 101 Å². The molecule has 8 nitrogen and oxygen atoms in total. The standard InChI is InChI=1S/C19H26N4O4S/c1-21-6-7-22(12-18(24)25)8-9-23(13-19(26)27)17(11-21)10-15-2-4-16(5-3-15)20-14-28/h2-5,17H,6-13H2,1H3,(H,24,25)(H,26,27). The average molecular weight is 407 g/mol. The maximum Gasteiger partial charge on any atom is 0.317 e. The van der Waals surface area contributed by atoms with Gasteiger partial charge in [0.1, 0.15) is 0 Å². The van der Waals surface area contributed by atoms with Crippen molar-refractivity contribution in [1.82, 2.24) is 14.7 Å². The normalized spacial score (nSPS) is 19.8. The first-order valence-corrected chi connectivity index (χ1v) is 9.53. The van der Waals surface area contributed by atoms with Crippen LogP contribution in [0.15, 0.2) is 29.3 Å². The molecule has 152 valence electrons. The highest BCUT2D eigenvalue weighted by Crippen LogP contribution is 2.16. The molecule has 1 saturated heterocycles. The molecule has 0 saturated carbocycles. The molecular formula is C19H26N4O4S. The topological polar surface area (TPSA) is 96.7 Å². The van der Waals surface area contributed by atoms with Crippen molar-refractivity contribution in [2.24, 2.45) is 4.99 Å². The summed E-state index contributed by atoms with van der Waals surface area (Å²) in [7, 11) is 1.98. The van der Waals surface area contributed by atoms with Gasteiger partial charge in [-0.05, 0) is 43.4 Å². The van der Waals surface area contributed by atoms with Crippen LogP contribution in [0, 0.1) is 0 Å². The van der Waals surface area contributed by atoms with E-state index in [0.29, 0.717) is 32.6 Å². The summed E-state index contributed by atoms with van der Waals surface area (Å²) in [6.07, 6.45) is 0.693. The minimum atomic E-state index is -0.887. The van der Waals surface area contributed by atoms with E-state index in [1.54, 1.807) is 0 Å². The Hall–Kier alpha value is -2.16. The molecule has 1 heterocycles. The Labute approximate surface area is 170 Å². The summed E-state index contributed by atoms with van der Waals surface area (Å²) >= 11 is 4.62. The van der Waals surface area contributed by atoms with Crippen molar-refractivity contribution in [3.8, 4) is 0 Å². The molecule has 1 fully saturated rings. The van der Waals surface area contributed by atoms with Crippen LogP contribution in [0.1, 0.15) is 5.56 Å². The van der Waals surface area contributed by atoms with E-state index >= 15 is 0 Å². The van der Waals surface area contributed by atoms with Crippen molar-refractivity contribution in [3.63, 3.8) is 0 Å². The summed E-state index contributed by atoms with van der Waals surface area (Å²) < 4.78 is 0.